The van der Waals surface area contributed by atoms with Crippen LogP contribution >= 0.6 is 0 Å². The first-order chi connectivity index (χ1) is 22.3. The van der Waals surface area contributed by atoms with E-state index in [9.17, 15) is 0 Å². The van der Waals surface area contributed by atoms with Gasteiger partial charge in [0.25, 0.3) is 0 Å². The van der Waals surface area contributed by atoms with E-state index in [1.54, 1.807) is 0 Å². The standard InChI is InChI=1S/C45H92/c1-4-6-8-10-12-14-16-18-20-22-23-24-25-26-28-30-32-34-36-38-40-42-44-45(3)43-41-39-37-35-33-31-29-27-21-19-17-15-13-11-9-7-5-2/h45H,4-44H2,1-3H3. The highest BCUT2D eigenvalue weighted by molar-refractivity contribution is 4.57. The molecule has 1 atom stereocenters. The van der Waals surface area contributed by atoms with E-state index >= 15 is 0 Å². The van der Waals surface area contributed by atoms with Gasteiger partial charge in [-0.15, -0.1) is 0 Å². The Morgan fingerprint density at radius 1 is 0.200 bits per heavy atom. The van der Waals surface area contributed by atoms with Gasteiger partial charge in [-0.05, 0) is 5.92 Å². The molecule has 0 rings (SSSR count). The largest absolute Gasteiger partial charge is 0.0654 e. The van der Waals surface area contributed by atoms with E-state index in [0.717, 1.165) is 5.92 Å². The predicted molar refractivity (Wildman–Crippen MR) is 210 cm³/mol. The van der Waals surface area contributed by atoms with Gasteiger partial charge < -0.3 is 0 Å². The van der Waals surface area contributed by atoms with Gasteiger partial charge in [0.1, 0.15) is 0 Å². The summed E-state index contributed by atoms with van der Waals surface area (Å²) in [5.41, 5.74) is 0. The molecule has 0 amide bonds. The van der Waals surface area contributed by atoms with Crippen LogP contribution in [0.5, 0.6) is 0 Å². The van der Waals surface area contributed by atoms with E-state index in [4.69, 9.17) is 0 Å². The maximum atomic E-state index is 2.52. The van der Waals surface area contributed by atoms with E-state index in [1.807, 2.05) is 0 Å². The molecule has 0 heteroatoms. The van der Waals surface area contributed by atoms with Crippen LogP contribution in [0.2, 0.25) is 0 Å². The molecule has 0 aliphatic rings. The molecule has 0 aromatic heterocycles. The van der Waals surface area contributed by atoms with Gasteiger partial charge in [-0.3, -0.25) is 0 Å². The Balaban J connectivity index is 3.13. The summed E-state index contributed by atoms with van der Waals surface area (Å²) in [6, 6.07) is 0. The van der Waals surface area contributed by atoms with Crippen LogP contribution < -0.4 is 0 Å². The number of hydrogen-bond acceptors (Lipinski definition) is 0. The molecular weight excluding hydrogens is 540 g/mol. The molecule has 0 aromatic carbocycles. The van der Waals surface area contributed by atoms with Crippen molar-refractivity contribution in [1.29, 1.82) is 0 Å². The zero-order valence-corrected chi connectivity index (χ0v) is 32.6. The third kappa shape index (κ3) is 42.0. The van der Waals surface area contributed by atoms with E-state index in [1.165, 1.54) is 263 Å². The maximum absolute atomic E-state index is 2.52. The minimum atomic E-state index is 0.964. The monoisotopic (exact) mass is 633 g/mol. The summed E-state index contributed by atoms with van der Waals surface area (Å²) < 4.78 is 0. The predicted octanol–water partition coefficient (Wildman–Crippen LogP) is 17.7. The lowest BCUT2D eigenvalue weighted by atomic mass is 9.95. The van der Waals surface area contributed by atoms with Crippen LogP contribution in [-0.4, -0.2) is 0 Å². The summed E-state index contributed by atoms with van der Waals surface area (Å²) in [5.74, 6) is 0.964. The van der Waals surface area contributed by atoms with E-state index in [0.29, 0.717) is 0 Å². The second-order valence-electron chi connectivity index (χ2n) is 15.8. The number of rotatable bonds is 41. The summed E-state index contributed by atoms with van der Waals surface area (Å²) in [4.78, 5) is 0. The first-order valence-electron chi connectivity index (χ1n) is 22.3. The Bertz CT molecular complexity index is 480. The highest BCUT2D eigenvalue weighted by Crippen LogP contribution is 2.20. The fraction of sp³-hybridized carbons (Fsp3) is 1.00. The fourth-order valence-corrected chi connectivity index (χ4v) is 7.46. The molecule has 0 saturated heterocycles. The van der Waals surface area contributed by atoms with Crippen LogP contribution in [0.4, 0.5) is 0 Å². The molecule has 0 aliphatic carbocycles. The van der Waals surface area contributed by atoms with Crippen molar-refractivity contribution in [2.24, 2.45) is 5.92 Å². The van der Waals surface area contributed by atoms with Crippen LogP contribution in [-0.2, 0) is 0 Å². The normalized spacial score (nSPS) is 12.3. The molecule has 0 aromatic rings. The molecule has 45 heavy (non-hydrogen) atoms. The van der Waals surface area contributed by atoms with Crippen LogP contribution in [0.1, 0.15) is 284 Å². The second kappa shape index (κ2) is 42.0. The van der Waals surface area contributed by atoms with E-state index in [-0.39, 0.29) is 0 Å². The topological polar surface area (TPSA) is 0 Å². The van der Waals surface area contributed by atoms with Crippen molar-refractivity contribution in [1.82, 2.24) is 0 Å². The van der Waals surface area contributed by atoms with Crippen molar-refractivity contribution in [2.75, 3.05) is 0 Å². The van der Waals surface area contributed by atoms with Crippen LogP contribution in [0.25, 0.3) is 0 Å². The average molecular weight is 633 g/mol. The van der Waals surface area contributed by atoms with Crippen molar-refractivity contribution >= 4 is 0 Å². The first-order valence-corrected chi connectivity index (χ1v) is 22.3. The maximum Gasteiger partial charge on any atom is -0.0443 e. The molecule has 1 unspecified atom stereocenters. The van der Waals surface area contributed by atoms with Gasteiger partial charge in [-0.25, -0.2) is 0 Å². The second-order valence-corrected chi connectivity index (χ2v) is 15.8. The van der Waals surface area contributed by atoms with Crippen molar-refractivity contribution < 1.29 is 0 Å². The van der Waals surface area contributed by atoms with Crippen molar-refractivity contribution in [2.45, 2.75) is 284 Å². The van der Waals surface area contributed by atoms with Gasteiger partial charge in [0.05, 0.1) is 0 Å². The van der Waals surface area contributed by atoms with Gasteiger partial charge in [0.15, 0.2) is 0 Å². The van der Waals surface area contributed by atoms with E-state index in [2.05, 4.69) is 20.8 Å². The van der Waals surface area contributed by atoms with E-state index < -0.39 is 0 Å². The highest BCUT2D eigenvalue weighted by Gasteiger charge is 2.03. The van der Waals surface area contributed by atoms with Crippen LogP contribution in [0.15, 0.2) is 0 Å². The Labute approximate surface area is 289 Å². The molecule has 0 N–H and O–H groups in total. The quantitative estimate of drug-likeness (QED) is 0.0588. The SMILES string of the molecule is CCCCCCCCCCCCCCCCCCCCCCCCC(C)CCCCCCCCCCCCCCCCCCC. The minimum absolute atomic E-state index is 0.964. The van der Waals surface area contributed by atoms with Crippen molar-refractivity contribution in [3.63, 3.8) is 0 Å². The first kappa shape index (κ1) is 45.0. The molecule has 0 radical (unpaired) electrons. The zero-order chi connectivity index (χ0) is 32.6. The summed E-state index contributed by atoms with van der Waals surface area (Å²) >= 11 is 0. The number of hydrogen-bond donors (Lipinski definition) is 0. The summed E-state index contributed by atoms with van der Waals surface area (Å²) in [6.45, 7) is 7.14. The Morgan fingerprint density at radius 2 is 0.333 bits per heavy atom. The Morgan fingerprint density at radius 3 is 0.489 bits per heavy atom. The van der Waals surface area contributed by atoms with Gasteiger partial charge in [-0.2, -0.15) is 0 Å². The van der Waals surface area contributed by atoms with Gasteiger partial charge in [0.2, 0.25) is 0 Å². The molecule has 0 saturated carbocycles. The average Bonchev–Trinajstić information content (AvgIpc) is 3.05. The Hall–Kier alpha value is 0. The molecule has 0 aliphatic heterocycles. The van der Waals surface area contributed by atoms with Crippen molar-refractivity contribution in [3.8, 4) is 0 Å². The smallest absolute Gasteiger partial charge is 0.0443 e. The lowest BCUT2D eigenvalue weighted by molar-refractivity contribution is 0.429. The Kier molecular flexibility index (Phi) is 42.0. The summed E-state index contributed by atoms with van der Waals surface area (Å²) in [6.07, 6.45) is 60.7. The van der Waals surface area contributed by atoms with Crippen molar-refractivity contribution in [3.05, 3.63) is 0 Å². The van der Waals surface area contributed by atoms with Gasteiger partial charge >= 0.3 is 0 Å². The van der Waals surface area contributed by atoms with Crippen LogP contribution in [0.3, 0.4) is 0 Å². The molecule has 0 bridgehead atoms. The minimum Gasteiger partial charge on any atom is -0.0654 e. The number of unbranched alkanes of at least 4 members (excludes halogenated alkanes) is 37. The molecule has 0 fully saturated rings. The van der Waals surface area contributed by atoms with Gasteiger partial charge in [-0.1, -0.05) is 284 Å². The zero-order valence-electron chi connectivity index (χ0n) is 32.6. The highest BCUT2D eigenvalue weighted by atomic mass is 14.1. The lowest BCUT2D eigenvalue weighted by Gasteiger charge is -2.11. The summed E-state index contributed by atoms with van der Waals surface area (Å²) in [5, 5.41) is 0. The third-order valence-corrected chi connectivity index (χ3v) is 10.9. The molecule has 0 nitrogen and oxygen atoms in total. The molecule has 272 valence electrons. The third-order valence-electron chi connectivity index (χ3n) is 10.9. The molecule has 0 spiro atoms. The fourth-order valence-electron chi connectivity index (χ4n) is 7.46. The molecule has 0 heterocycles. The molecular formula is C45H92. The van der Waals surface area contributed by atoms with Gasteiger partial charge in [0, 0.05) is 0 Å². The lowest BCUT2D eigenvalue weighted by Crippen LogP contribution is -1.95. The van der Waals surface area contributed by atoms with Crippen LogP contribution in [0, 0.1) is 5.92 Å². The summed E-state index contributed by atoms with van der Waals surface area (Å²) in [7, 11) is 0.